The van der Waals surface area contributed by atoms with E-state index in [1.807, 2.05) is 72.1 Å². The summed E-state index contributed by atoms with van der Waals surface area (Å²) in [6, 6.07) is 18.0. The lowest BCUT2D eigenvalue weighted by Crippen LogP contribution is -2.43. The second kappa shape index (κ2) is 8.31. The number of carbonyl (C=O) groups excluding carboxylic acids is 2. The first kappa shape index (κ1) is 20.6. The number of nitrogens with zero attached hydrogens (tertiary/aromatic N) is 3. The highest BCUT2D eigenvalue weighted by atomic mass is 16.5. The van der Waals surface area contributed by atoms with Gasteiger partial charge >= 0.3 is 0 Å². The van der Waals surface area contributed by atoms with E-state index in [0.29, 0.717) is 29.3 Å². The lowest BCUT2D eigenvalue weighted by molar-refractivity contribution is -0.117. The molecule has 1 aliphatic heterocycles. The van der Waals surface area contributed by atoms with Crippen molar-refractivity contribution in [2.24, 2.45) is 0 Å². The van der Waals surface area contributed by atoms with Crippen LogP contribution in [0.3, 0.4) is 0 Å². The van der Waals surface area contributed by atoms with E-state index in [4.69, 9.17) is 4.74 Å². The fraction of sp³-hybridized carbons (Fsp3) is 0.160. The number of amides is 2. The van der Waals surface area contributed by atoms with Crippen LogP contribution in [-0.2, 0) is 11.4 Å². The molecule has 0 radical (unpaired) electrons. The van der Waals surface area contributed by atoms with Crippen molar-refractivity contribution in [1.29, 1.82) is 0 Å². The number of pyridine rings is 1. The molecule has 1 unspecified atom stereocenters. The van der Waals surface area contributed by atoms with Gasteiger partial charge in [-0.2, -0.15) is 0 Å². The van der Waals surface area contributed by atoms with Crippen LogP contribution in [0.25, 0.3) is 5.65 Å². The van der Waals surface area contributed by atoms with E-state index < -0.39 is 0 Å². The predicted octanol–water partition coefficient (Wildman–Crippen LogP) is 3.94. The van der Waals surface area contributed by atoms with Crippen molar-refractivity contribution in [3.63, 3.8) is 0 Å². The van der Waals surface area contributed by atoms with Gasteiger partial charge in [-0.1, -0.05) is 12.1 Å². The lowest BCUT2D eigenvalue weighted by Gasteiger charge is -2.33. The monoisotopic (exact) mass is 441 g/mol. The first-order valence-electron chi connectivity index (χ1n) is 10.6. The Morgan fingerprint density at radius 3 is 2.88 bits per heavy atom. The second-order valence-electron chi connectivity index (χ2n) is 7.98. The number of hydrogen-bond acceptors (Lipinski definition) is 5. The highest BCUT2D eigenvalue weighted by molar-refractivity contribution is 6.08. The van der Waals surface area contributed by atoms with Crippen molar-refractivity contribution >= 4 is 34.5 Å². The van der Waals surface area contributed by atoms with Gasteiger partial charge in [-0.25, -0.2) is 4.98 Å². The van der Waals surface area contributed by atoms with E-state index in [1.165, 1.54) is 0 Å². The minimum absolute atomic E-state index is 0.0991. The van der Waals surface area contributed by atoms with E-state index in [0.717, 1.165) is 17.0 Å². The van der Waals surface area contributed by atoms with Crippen LogP contribution in [0, 0.1) is 0 Å². The van der Waals surface area contributed by atoms with Crippen LogP contribution in [0.4, 0.5) is 17.1 Å². The molecule has 5 rings (SSSR count). The third-order valence-corrected chi connectivity index (χ3v) is 5.75. The number of benzene rings is 2. The number of fused-ring (bicyclic) bond motifs is 2. The van der Waals surface area contributed by atoms with Crippen LogP contribution in [0.15, 0.2) is 73.1 Å². The summed E-state index contributed by atoms with van der Waals surface area (Å²) < 4.78 is 7.82. The summed E-state index contributed by atoms with van der Waals surface area (Å²) in [5, 5.41) is 5.75. The van der Waals surface area contributed by atoms with Gasteiger partial charge < -0.3 is 24.7 Å². The zero-order chi connectivity index (χ0) is 22.9. The maximum absolute atomic E-state index is 12.8. The predicted molar refractivity (Wildman–Crippen MR) is 127 cm³/mol. The second-order valence-corrected chi connectivity index (χ2v) is 7.98. The first-order valence-corrected chi connectivity index (χ1v) is 10.6. The summed E-state index contributed by atoms with van der Waals surface area (Å²) >= 11 is 0. The molecule has 0 saturated heterocycles. The van der Waals surface area contributed by atoms with Crippen LogP contribution in [0.1, 0.15) is 23.0 Å². The molecule has 2 aromatic carbocycles. The molecule has 2 aromatic heterocycles. The molecule has 0 fully saturated rings. The third kappa shape index (κ3) is 4.10. The quantitative estimate of drug-likeness (QED) is 0.490. The van der Waals surface area contributed by atoms with Gasteiger partial charge in [0, 0.05) is 36.8 Å². The molecule has 2 N–H and O–H groups in total. The van der Waals surface area contributed by atoms with Gasteiger partial charge in [0.05, 0.1) is 17.1 Å². The first-order chi connectivity index (χ1) is 16.0. The zero-order valence-corrected chi connectivity index (χ0v) is 18.3. The number of nitrogens with one attached hydrogen (secondary N) is 2. The van der Waals surface area contributed by atoms with E-state index in [2.05, 4.69) is 15.6 Å². The third-order valence-electron chi connectivity index (χ3n) is 5.75. The van der Waals surface area contributed by atoms with E-state index in [1.54, 1.807) is 24.3 Å². The average Bonchev–Trinajstić information content (AvgIpc) is 3.24. The van der Waals surface area contributed by atoms with Crippen molar-refractivity contribution in [2.75, 3.05) is 22.6 Å². The summed E-state index contributed by atoms with van der Waals surface area (Å²) in [4.78, 5) is 31.4. The highest BCUT2D eigenvalue weighted by Gasteiger charge is 2.27. The van der Waals surface area contributed by atoms with Gasteiger partial charge in [0.1, 0.15) is 24.0 Å². The van der Waals surface area contributed by atoms with Crippen molar-refractivity contribution in [3.8, 4) is 5.75 Å². The molecule has 3 heterocycles. The number of hydrogen-bond donors (Lipinski definition) is 2. The van der Waals surface area contributed by atoms with Crippen molar-refractivity contribution < 1.29 is 14.3 Å². The summed E-state index contributed by atoms with van der Waals surface area (Å²) in [5.74, 6) is 0.252. The molecule has 33 heavy (non-hydrogen) atoms. The van der Waals surface area contributed by atoms with Gasteiger partial charge in [-0.3, -0.25) is 9.59 Å². The Bertz CT molecular complexity index is 1330. The topological polar surface area (TPSA) is 88.0 Å². The van der Waals surface area contributed by atoms with Crippen molar-refractivity contribution in [1.82, 2.24) is 9.38 Å². The van der Waals surface area contributed by atoms with Crippen molar-refractivity contribution in [3.05, 3.63) is 84.3 Å². The molecule has 0 saturated carbocycles. The Morgan fingerprint density at radius 1 is 1.15 bits per heavy atom. The van der Waals surface area contributed by atoms with Gasteiger partial charge in [0.15, 0.2) is 0 Å². The molecule has 0 spiro atoms. The largest absolute Gasteiger partial charge is 0.487 e. The Balaban J connectivity index is 1.27. The zero-order valence-electron chi connectivity index (χ0n) is 18.3. The lowest BCUT2D eigenvalue weighted by atomic mass is 10.1. The number of ether oxygens (including phenoxy) is 1. The number of imidazole rings is 1. The van der Waals surface area contributed by atoms with E-state index in [9.17, 15) is 9.59 Å². The average molecular weight is 441 g/mol. The SMILES string of the molecule is CC1C(=O)Nc2cc(C(=O)Nc3cccc(OCc4cn5ccccc5n4)c3)ccc2N1C. The molecule has 8 nitrogen and oxygen atoms in total. The maximum atomic E-state index is 12.8. The molecule has 4 aromatic rings. The molecular weight excluding hydrogens is 418 g/mol. The number of rotatable bonds is 5. The molecule has 8 heteroatoms. The van der Waals surface area contributed by atoms with Crippen molar-refractivity contribution in [2.45, 2.75) is 19.6 Å². The number of carbonyl (C=O) groups is 2. The van der Waals surface area contributed by atoms with Gasteiger partial charge in [0.25, 0.3) is 5.91 Å². The number of aromatic nitrogens is 2. The fourth-order valence-electron chi connectivity index (χ4n) is 3.79. The summed E-state index contributed by atoms with van der Waals surface area (Å²) in [6.45, 7) is 2.15. The van der Waals surface area contributed by atoms with Gasteiger partial charge in [-0.05, 0) is 49.4 Å². The minimum Gasteiger partial charge on any atom is -0.487 e. The Labute approximate surface area is 190 Å². The summed E-state index contributed by atoms with van der Waals surface area (Å²) in [5.41, 5.74) is 4.23. The molecule has 1 atom stereocenters. The van der Waals surface area contributed by atoms with E-state index in [-0.39, 0.29) is 17.9 Å². The standard InChI is InChI=1S/C25H23N5O3/c1-16-24(31)28-21-12-17(9-10-22(21)29(16)2)25(32)27-18-6-5-7-20(13-18)33-15-19-14-30-11-4-3-8-23(30)26-19/h3-14,16H,15H2,1-2H3,(H,27,32)(H,28,31). The smallest absolute Gasteiger partial charge is 0.255 e. The molecule has 1 aliphatic rings. The van der Waals surface area contributed by atoms with Crippen LogP contribution < -0.4 is 20.3 Å². The van der Waals surface area contributed by atoms with Crippen LogP contribution in [-0.4, -0.2) is 34.3 Å². The highest BCUT2D eigenvalue weighted by Crippen LogP contribution is 2.32. The van der Waals surface area contributed by atoms with Gasteiger partial charge in [-0.15, -0.1) is 0 Å². The molecule has 166 valence electrons. The molecule has 2 amide bonds. The molecular formula is C25H23N5O3. The van der Waals surface area contributed by atoms with Crippen LogP contribution >= 0.6 is 0 Å². The van der Waals surface area contributed by atoms with Gasteiger partial charge in [0.2, 0.25) is 5.91 Å². The normalized spacial score (nSPS) is 15.2. The fourth-order valence-corrected chi connectivity index (χ4v) is 3.79. The Hall–Kier alpha value is -4.33. The number of likely N-dealkylation sites (N-methyl/N-ethyl adjacent to an activating group) is 1. The van der Waals surface area contributed by atoms with Crippen LogP contribution in [0.2, 0.25) is 0 Å². The maximum Gasteiger partial charge on any atom is 0.255 e. The van der Waals surface area contributed by atoms with E-state index >= 15 is 0 Å². The Kier molecular flexibility index (Phi) is 5.18. The Morgan fingerprint density at radius 2 is 2.03 bits per heavy atom. The van der Waals surface area contributed by atoms with Crippen LogP contribution in [0.5, 0.6) is 5.75 Å². The molecule has 0 bridgehead atoms. The number of anilines is 3. The summed E-state index contributed by atoms with van der Waals surface area (Å²) in [7, 11) is 1.86. The molecule has 0 aliphatic carbocycles. The summed E-state index contributed by atoms with van der Waals surface area (Å²) in [6.07, 6.45) is 3.86. The minimum atomic E-state index is -0.272.